The molecule has 3 atom stereocenters. The maximum absolute atomic E-state index is 12.6. The second-order valence-electron chi connectivity index (χ2n) is 12.8. The number of allylic oxidation sites excluding steroid dienone is 9. The van der Waals surface area contributed by atoms with Crippen LogP contribution in [0.1, 0.15) is 155 Å². The van der Waals surface area contributed by atoms with Crippen LogP contribution in [-0.4, -0.2) is 47.8 Å². The minimum absolute atomic E-state index is 0.0655. The normalized spacial score (nSPS) is 15.0. The van der Waals surface area contributed by atoms with Crippen molar-refractivity contribution in [1.29, 1.82) is 0 Å². The Kier molecular flexibility index (Phi) is 34.7. The van der Waals surface area contributed by atoms with Crippen molar-refractivity contribution in [1.82, 2.24) is 5.32 Å². The fraction of sp³-hybridized carbons (Fsp3) is 0.725. The average molecular weight is 709 g/mol. The summed E-state index contributed by atoms with van der Waals surface area (Å²) in [5.41, 5.74) is 5.35. The molecule has 0 aromatic heterocycles. The molecular weight excluding hydrogens is 635 g/mol. The smallest absolute Gasteiger partial charge is 0.387 e. The van der Waals surface area contributed by atoms with E-state index in [1.54, 1.807) is 6.08 Å². The lowest BCUT2D eigenvalue weighted by Gasteiger charge is -2.23. The SMILES string of the molecule is CC/C=C\C/C=C\C/C=C\C/C=C\CCC(=O)NC(COP(=O)(O)OCCN)C(O)/C=C/CCCCCCCCCCCCCCCCC. The third-order valence-electron chi connectivity index (χ3n) is 8.11. The van der Waals surface area contributed by atoms with Crippen molar-refractivity contribution in [3.05, 3.63) is 60.8 Å². The Morgan fingerprint density at radius 3 is 1.69 bits per heavy atom. The van der Waals surface area contributed by atoms with Gasteiger partial charge in [-0.3, -0.25) is 13.8 Å². The highest BCUT2D eigenvalue weighted by atomic mass is 31.2. The molecule has 0 aliphatic rings. The Labute approximate surface area is 300 Å². The van der Waals surface area contributed by atoms with E-state index in [9.17, 15) is 19.4 Å². The first kappa shape index (κ1) is 47.2. The van der Waals surface area contributed by atoms with Gasteiger partial charge in [-0.1, -0.05) is 164 Å². The van der Waals surface area contributed by atoms with E-state index in [4.69, 9.17) is 14.8 Å². The largest absolute Gasteiger partial charge is 0.472 e. The monoisotopic (exact) mass is 709 g/mol. The van der Waals surface area contributed by atoms with Gasteiger partial charge in [0.2, 0.25) is 5.91 Å². The molecule has 5 N–H and O–H groups in total. The summed E-state index contributed by atoms with van der Waals surface area (Å²) < 4.78 is 22.0. The van der Waals surface area contributed by atoms with Crippen LogP contribution in [0.2, 0.25) is 0 Å². The zero-order valence-corrected chi connectivity index (χ0v) is 32.1. The summed E-state index contributed by atoms with van der Waals surface area (Å²) in [6.45, 7) is 3.94. The lowest BCUT2D eigenvalue weighted by atomic mass is 10.0. The molecule has 0 spiro atoms. The molecule has 284 valence electrons. The van der Waals surface area contributed by atoms with Crippen LogP contribution in [0.3, 0.4) is 0 Å². The number of aliphatic hydroxyl groups excluding tert-OH is 1. The minimum atomic E-state index is -4.35. The Bertz CT molecular complexity index is 949. The van der Waals surface area contributed by atoms with Crippen LogP contribution in [0, 0.1) is 0 Å². The van der Waals surface area contributed by atoms with E-state index in [2.05, 4.69) is 55.6 Å². The minimum Gasteiger partial charge on any atom is -0.387 e. The summed E-state index contributed by atoms with van der Waals surface area (Å²) in [7, 11) is -4.35. The standard InChI is InChI=1S/C40H73N2O6P/c1-3-5-7-9-11-13-15-17-18-19-20-22-23-25-27-29-31-33-39(43)38(37-48-49(45,46)47-36-35-41)42-40(44)34-32-30-28-26-24-21-16-14-12-10-8-6-4-2/h6,8,12,14,21,24,28,30-31,33,38-39,43H,3-5,7,9-11,13,15-20,22-23,25-27,29,32,34-37,41H2,1-2H3,(H,42,44)(H,45,46)/b8-6-,14-12-,24-21-,30-28-,33-31+. The van der Waals surface area contributed by atoms with Crippen LogP contribution in [-0.2, 0) is 18.4 Å². The van der Waals surface area contributed by atoms with Gasteiger partial charge in [-0.05, 0) is 44.9 Å². The summed E-state index contributed by atoms with van der Waals surface area (Å²) in [6, 6.07) is -0.899. The van der Waals surface area contributed by atoms with Gasteiger partial charge in [0.05, 0.1) is 25.4 Å². The molecule has 3 unspecified atom stereocenters. The number of carbonyl (C=O) groups is 1. The third-order valence-corrected chi connectivity index (χ3v) is 9.10. The van der Waals surface area contributed by atoms with E-state index in [1.165, 1.54) is 83.5 Å². The van der Waals surface area contributed by atoms with Crippen molar-refractivity contribution in [3.8, 4) is 0 Å². The molecule has 49 heavy (non-hydrogen) atoms. The maximum atomic E-state index is 12.6. The number of aliphatic hydroxyl groups is 1. The number of hydrogen-bond donors (Lipinski definition) is 4. The molecule has 0 aromatic carbocycles. The van der Waals surface area contributed by atoms with Gasteiger partial charge >= 0.3 is 7.82 Å². The van der Waals surface area contributed by atoms with Crippen molar-refractivity contribution in [3.63, 3.8) is 0 Å². The summed E-state index contributed by atoms with van der Waals surface area (Å²) in [4.78, 5) is 22.5. The Morgan fingerprint density at radius 1 is 0.694 bits per heavy atom. The fourth-order valence-corrected chi connectivity index (χ4v) is 5.96. The zero-order chi connectivity index (χ0) is 36.1. The van der Waals surface area contributed by atoms with E-state index in [-0.39, 0.29) is 32.1 Å². The van der Waals surface area contributed by atoms with Gasteiger partial charge < -0.3 is 21.1 Å². The molecule has 9 heteroatoms. The molecule has 8 nitrogen and oxygen atoms in total. The van der Waals surface area contributed by atoms with Gasteiger partial charge in [0.1, 0.15) is 0 Å². The third kappa shape index (κ3) is 34.4. The lowest BCUT2D eigenvalue weighted by Crippen LogP contribution is -2.45. The highest BCUT2D eigenvalue weighted by Gasteiger charge is 2.26. The number of phosphoric ester groups is 1. The molecule has 0 fully saturated rings. The van der Waals surface area contributed by atoms with E-state index >= 15 is 0 Å². The van der Waals surface area contributed by atoms with Crippen LogP contribution in [0.25, 0.3) is 0 Å². The fourth-order valence-electron chi connectivity index (χ4n) is 5.20. The summed E-state index contributed by atoms with van der Waals surface area (Å²) in [5, 5.41) is 13.6. The van der Waals surface area contributed by atoms with Gasteiger partial charge in [-0.2, -0.15) is 0 Å². The van der Waals surface area contributed by atoms with E-state index in [0.717, 1.165) is 44.9 Å². The van der Waals surface area contributed by atoms with Crippen molar-refractivity contribution < 1.29 is 28.4 Å². The summed E-state index contributed by atoms with van der Waals surface area (Å²) >= 11 is 0. The Hall–Kier alpha value is -1.80. The first-order chi connectivity index (χ1) is 23.9. The van der Waals surface area contributed by atoms with Gasteiger partial charge in [-0.25, -0.2) is 4.57 Å². The molecule has 0 rings (SSSR count). The molecule has 1 amide bonds. The Balaban J connectivity index is 4.40. The molecule has 0 aliphatic heterocycles. The van der Waals surface area contributed by atoms with Crippen LogP contribution in [0.5, 0.6) is 0 Å². The summed E-state index contributed by atoms with van der Waals surface area (Å²) in [5.74, 6) is -0.276. The first-order valence-electron chi connectivity index (χ1n) is 19.4. The molecule has 0 heterocycles. The quantitative estimate of drug-likeness (QED) is 0.0293. The van der Waals surface area contributed by atoms with Crippen LogP contribution in [0.15, 0.2) is 60.8 Å². The lowest BCUT2D eigenvalue weighted by molar-refractivity contribution is -0.122. The molecule has 0 radical (unpaired) electrons. The first-order valence-corrected chi connectivity index (χ1v) is 20.9. The van der Waals surface area contributed by atoms with E-state index < -0.39 is 20.0 Å². The summed E-state index contributed by atoms with van der Waals surface area (Å²) in [6.07, 6.45) is 44.3. The maximum Gasteiger partial charge on any atom is 0.472 e. The number of hydrogen-bond acceptors (Lipinski definition) is 6. The average Bonchev–Trinajstić information content (AvgIpc) is 3.09. The predicted octanol–water partition coefficient (Wildman–Crippen LogP) is 10.3. The molecule has 0 saturated heterocycles. The van der Waals surface area contributed by atoms with Gasteiger partial charge in [-0.15, -0.1) is 0 Å². The van der Waals surface area contributed by atoms with Gasteiger partial charge in [0.25, 0.3) is 0 Å². The van der Waals surface area contributed by atoms with Gasteiger partial charge in [0.15, 0.2) is 0 Å². The predicted molar refractivity (Wildman–Crippen MR) is 207 cm³/mol. The molecule has 0 bridgehead atoms. The topological polar surface area (TPSA) is 131 Å². The van der Waals surface area contributed by atoms with Gasteiger partial charge in [0, 0.05) is 13.0 Å². The van der Waals surface area contributed by atoms with E-state index in [1.807, 2.05) is 18.2 Å². The highest BCUT2D eigenvalue weighted by Crippen LogP contribution is 2.43. The number of rotatable bonds is 35. The van der Waals surface area contributed by atoms with Crippen LogP contribution >= 0.6 is 7.82 Å². The second kappa shape index (κ2) is 36.0. The van der Waals surface area contributed by atoms with Crippen molar-refractivity contribution >= 4 is 13.7 Å². The zero-order valence-electron chi connectivity index (χ0n) is 31.2. The number of amides is 1. The van der Waals surface area contributed by atoms with Crippen LogP contribution in [0.4, 0.5) is 0 Å². The second-order valence-corrected chi connectivity index (χ2v) is 14.2. The van der Waals surface area contributed by atoms with Crippen molar-refractivity contribution in [2.75, 3.05) is 19.8 Å². The number of phosphoric acid groups is 1. The molecule has 0 aliphatic carbocycles. The number of carbonyl (C=O) groups excluding carboxylic acids is 1. The molecular formula is C40H73N2O6P. The molecule has 0 saturated carbocycles. The number of unbranched alkanes of at least 4 members (excludes halogenated alkanes) is 15. The number of nitrogens with one attached hydrogen (secondary N) is 1. The van der Waals surface area contributed by atoms with E-state index in [0.29, 0.717) is 6.42 Å². The van der Waals surface area contributed by atoms with Crippen molar-refractivity contribution in [2.24, 2.45) is 5.73 Å². The number of nitrogens with two attached hydrogens (primary N) is 1. The van der Waals surface area contributed by atoms with Crippen LogP contribution < -0.4 is 11.1 Å². The highest BCUT2D eigenvalue weighted by molar-refractivity contribution is 7.47. The Morgan fingerprint density at radius 2 is 1.18 bits per heavy atom. The molecule has 0 aromatic rings. The van der Waals surface area contributed by atoms with Crippen molar-refractivity contribution in [2.45, 2.75) is 167 Å².